The van der Waals surface area contributed by atoms with Crippen molar-refractivity contribution in [3.05, 3.63) is 76.3 Å². The number of rotatable bonds is 4. The van der Waals surface area contributed by atoms with Crippen LogP contribution in [0.5, 0.6) is 0 Å². The monoisotopic (exact) mass is 384 g/mol. The number of benzene rings is 1. The van der Waals surface area contributed by atoms with E-state index >= 15 is 0 Å². The summed E-state index contributed by atoms with van der Waals surface area (Å²) >= 11 is 0. The largest absolute Gasteiger partial charge is 0.352 e. The van der Waals surface area contributed by atoms with Gasteiger partial charge >= 0.3 is 0 Å². The van der Waals surface area contributed by atoms with Crippen LogP contribution < -0.4 is 15.4 Å². The molecule has 9 heteroatoms. The molecule has 0 saturated carbocycles. The van der Waals surface area contributed by atoms with Crippen LogP contribution in [0.1, 0.15) is 5.56 Å². The Morgan fingerprint density at radius 2 is 1.46 bits per heavy atom. The molecule has 0 aliphatic carbocycles. The van der Waals surface area contributed by atoms with E-state index in [0.29, 0.717) is 37.9 Å². The molecule has 1 aliphatic rings. The van der Waals surface area contributed by atoms with Crippen molar-refractivity contribution < 1.29 is 8.78 Å². The van der Waals surface area contributed by atoms with Gasteiger partial charge in [0.1, 0.15) is 11.6 Å². The molecule has 2 aromatic heterocycles. The molecule has 4 rings (SSSR count). The fourth-order valence-electron chi connectivity index (χ4n) is 3.09. The summed E-state index contributed by atoms with van der Waals surface area (Å²) < 4.78 is 27.4. The van der Waals surface area contributed by atoms with E-state index in [9.17, 15) is 13.6 Å². The van der Waals surface area contributed by atoms with E-state index < -0.39 is 5.82 Å². The SMILES string of the molecule is O=c1ccc(N2CCN(c3ncc(F)cn3)CC2)nn1Cc1ccc(F)cc1. The fourth-order valence-corrected chi connectivity index (χ4v) is 3.09. The first-order valence-corrected chi connectivity index (χ1v) is 8.88. The van der Waals surface area contributed by atoms with Crippen molar-refractivity contribution in [1.82, 2.24) is 19.7 Å². The van der Waals surface area contributed by atoms with Crippen LogP contribution in [0.25, 0.3) is 0 Å². The minimum atomic E-state index is -0.463. The van der Waals surface area contributed by atoms with Gasteiger partial charge in [-0.05, 0) is 23.8 Å². The Hall–Kier alpha value is -3.36. The van der Waals surface area contributed by atoms with Gasteiger partial charge < -0.3 is 9.80 Å². The van der Waals surface area contributed by atoms with Crippen molar-refractivity contribution in [3.63, 3.8) is 0 Å². The normalized spacial score (nSPS) is 14.4. The van der Waals surface area contributed by atoms with Crippen LogP contribution in [-0.4, -0.2) is 45.9 Å². The summed E-state index contributed by atoms with van der Waals surface area (Å²) in [7, 11) is 0. The Kier molecular flexibility index (Phi) is 4.96. The number of nitrogens with zero attached hydrogens (tertiary/aromatic N) is 6. The summed E-state index contributed by atoms with van der Waals surface area (Å²) in [5.41, 5.74) is 0.581. The molecular formula is C19H18F2N6O. The van der Waals surface area contributed by atoms with Gasteiger partial charge in [0.25, 0.3) is 5.56 Å². The van der Waals surface area contributed by atoms with Gasteiger partial charge in [-0.2, -0.15) is 5.10 Å². The highest BCUT2D eigenvalue weighted by Crippen LogP contribution is 2.15. The predicted octanol–water partition coefficient (Wildman–Crippen LogP) is 1.69. The van der Waals surface area contributed by atoms with E-state index in [4.69, 9.17) is 0 Å². The molecule has 0 radical (unpaired) electrons. The zero-order valence-electron chi connectivity index (χ0n) is 15.0. The quantitative estimate of drug-likeness (QED) is 0.682. The van der Waals surface area contributed by atoms with Crippen LogP contribution in [0, 0.1) is 11.6 Å². The smallest absolute Gasteiger partial charge is 0.267 e. The van der Waals surface area contributed by atoms with Crippen molar-refractivity contribution in [1.29, 1.82) is 0 Å². The predicted molar refractivity (Wildman–Crippen MR) is 100 cm³/mol. The van der Waals surface area contributed by atoms with E-state index in [1.54, 1.807) is 18.2 Å². The zero-order valence-corrected chi connectivity index (χ0v) is 15.0. The van der Waals surface area contributed by atoms with Crippen LogP contribution in [0.2, 0.25) is 0 Å². The number of anilines is 2. The molecule has 1 aromatic carbocycles. The van der Waals surface area contributed by atoms with Gasteiger partial charge in [-0.25, -0.2) is 23.4 Å². The first-order valence-electron chi connectivity index (χ1n) is 8.88. The van der Waals surface area contributed by atoms with E-state index in [1.807, 2.05) is 4.90 Å². The maximum Gasteiger partial charge on any atom is 0.267 e. The Morgan fingerprint density at radius 1 is 0.821 bits per heavy atom. The lowest BCUT2D eigenvalue weighted by atomic mass is 10.2. The third-order valence-corrected chi connectivity index (χ3v) is 4.59. The third-order valence-electron chi connectivity index (χ3n) is 4.59. The minimum Gasteiger partial charge on any atom is -0.352 e. The summed E-state index contributed by atoms with van der Waals surface area (Å²) in [6, 6.07) is 9.19. The molecule has 0 amide bonds. The van der Waals surface area contributed by atoms with E-state index in [1.165, 1.54) is 22.9 Å². The highest BCUT2D eigenvalue weighted by atomic mass is 19.1. The molecule has 1 fully saturated rings. The highest BCUT2D eigenvalue weighted by Gasteiger charge is 2.20. The number of halogens is 2. The van der Waals surface area contributed by atoms with Gasteiger partial charge in [0.2, 0.25) is 5.95 Å². The van der Waals surface area contributed by atoms with Crippen LogP contribution in [-0.2, 0) is 6.54 Å². The van der Waals surface area contributed by atoms with Crippen LogP contribution in [0.4, 0.5) is 20.5 Å². The number of hydrogen-bond donors (Lipinski definition) is 0. The lowest BCUT2D eigenvalue weighted by molar-refractivity contribution is 0.588. The molecule has 0 unspecified atom stereocenters. The Morgan fingerprint density at radius 3 is 2.14 bits per heavy atom. The first-order chi connectivity index (χ1) is 13.6. The van der Waals surface area contributed by atoms with E-state index in [0.717, 1.165) is 18.0 Å². The second-order valence-electron chi connectivity index (χ2n) is 6.49. The topological polar surface area (TPSA) is 67.2 Å². The van der Waals surface area contributed by atoms with Gasteiger partial charge in [0, 0.05) is 32.2 Å². The summed E-state index contributed by atoms with van der Waals surface area (Å²) in [6.45, 7) is 2.93. The highest BCUT2D eigenvalue weighted by molar-refractivity contribution is 5.41. The molecule has 144 valence electrons. The molecular weight excluding hydrogens is 366 g/mol. The summed E-state index contributed by atoms with van der Waals surface area (Å²) in [5, 5.41) is 4.46. The number of piperazine rings is 1. The molecule has 3 heterocycles. The lowest BCUT2D eigenvalue weighted by Crippen LogP contribution is -2.47. The Balaban J connectivity index is 1.45. The summed E-state index contributed by atoms with van der Waals surface area (Å²) in [6.07, 6.45) is 2.31. The second-order valence-corrected chi connectivity index (χ2v) is 6.49. The summed E-state index contributed by atoms with van der Waals surface area (Å²) in [5.74, 6) is 0.410. The van der Waals surface area contributed by atoms with E-state index in [2.05, 4.69) is 20.0 Å². The first kappa shape index (κ1) is 18.0. The molecule has 3 aromatic rings. The third kappa shape index (κ3) is 3.98. The van der Waals surface area contributed by atoms with Gasteiger partial charge in [-0.15, -0.1) is 0 Å². The van der Waals surface area contributed by atoms with Crippen LogP contribution in [0.15, 0.2) is 53.6 Å². The van der Waals surface area contributed by atoms with Crippen molar-refractivity contribution >= 4 is 11.8 Å². The molecule has 7 nitrogen and oxygen atoms in total. The molecule has 0 spiro atoms. The average Bonchev–Trinajstić information content (AvgIpc) is 2.72. The standard InChI is InChI=1S/C19H18F2N6O/c20-15-3-1-14(2-4-15)13-27-18(28)6-5-17(24-27)25-7-9-26(10-8-25)19-22-11-16(21)12-23-19/h1-6,11-12H,7-10,13H2. The molecule has 0 atom stereocenters. The lowest BCUT2D eigenvalue weighted by Gasteiger charge is -2.35. The van der Waals surface area contributed by atoms with Gasteiger partial charge in [0.05, 0.1) is 18.9 Å². The maximum absolute atomic E-state index is 13.1. The Labute approximate surface area is 159 Å². The number of hydrogen-bond acceptors (Lipinski definition) is 6. The average molecular weight is 384 g/mol. The molecule has 1 aliphatic heterocycles. The van der Waals surface area contributed by atoms with Crippen molar-refractivity contribution in [2.45, 2.75) is 6.54 Å². The van der Waals surface area contributed by atoms with Gasteiger partial charge in [-0.1, -0.05) is 12.1 Å². The summed E-state index contributed by atoms with van der Waals surface area (Å²) in [4.78, 5) is 24.2. The zero-order chi connectivity index (χ0) is 19.5. The van der Waals surface area contributed by atoms with Crippen molar-refractivity contribution in [2.24, 2.45) is 0 Å². The fraction of sp³-hybridized carbons (Fsp3) is 0.263. The second kappa shape index (κ2) is 7.71. The molecule has 28 heavy (non-hydrogen) atoms. The van der Waals surface area contributed by atoms with Gasteiger partial charge in [-0.3, -0.25) is 4.79 Å². The number of aromatic nitrogens is 4. The Bertz CT molecular complexity index is 998. The van der Waals surface area contributed by atoms with Crippen molar-refractivity contribution in [2.75, 3.05) is 36.0 Å². The van der Waals surface area contributed by atoms with Crippen LogP contribution in [0.3, 0.4) is 0 Å². The molecule has 0 N–H and O–H groups in total. The van der Waals surface area contributed by atoms with E-state index in [-0.39, 0.29) is 17.9 Å². The van der Waals surface area contributed by atoms with Crippen molar-refractivity contribution in [3.8, 4) is 0 Å². The van der Waals surface area contributed by atoms with Gasteiger partial charge in [0.15, 0.2) is 5.82 Å². The maximum atomic E-state index is 13.1. The van der Waals surface area contributed by atoms with Crippen LogP contribution >= 0.6 is 0 Å². The molecule has 0 bridgehead atoms. The molecule has 1 saturated heterocycles. The minimum absolute atomic E-state index is 0.216.